The number of ether oxygens (including phenoxy) is 3. The molecule has 1 atom stereocenters. The van der Waals surface area contributed by atoms with Gasteiger partial charge in [0, 0.05) is 37.6 Å². The number of nitrogens with two attached hydrogens (primary N) is 1. The highest BCUT2D eigenvalue weighted by Crippen LogP contribution is 2.34. The number of nitrogens with one attached hydrogen (secondary N) is 1. The molecule has 2 aliphatic heterocycles. The number of H-pyrrole nitrogens is 1. The molecule has 2 aromatic heterocycles. The molecule has 0 saturated carbocycles. The standard InChI is InChI=1S/C28H33F3N6O5/c1-27(2,3)42-26(39)37-12-13-40-21(15-37)23-34-22-18(6-9-33-24(22)35-23)16-7-10-36(11-8-16)25(38)19-5-4-17(14-20(19)32)41-28(29,30)31/h4-6,9,14,16,21H,7-8,10-13,15,32H2,1-3H3,(H,33,34,35)/t21-/m1/s1. The molecule has 5 rings (SSSR count). The number of halogens is 3. The summed E-state index contributed by atoms with van der Waals surface area (Å²) in [5.41, 5.74) is 7.63. The zero-order valence-corrected chi connectivity index (χ0v) is 23.5. The fourth-order valence-corrected chi connectivity index (χ4v) is 5.23. The highest BCUT2D eigenvalue weighted by molar-refractivity contribution is 5.99. The Hall–Kier alpha value is -4.07. The Morgan fingerprint density at radius 3 is 2.50 bits per heavy atom. The van der Waals surface area contributed by atoms with Crippen LogP contribution in [0.15, 0.2) is 30.5 Å². The molecule has 3 aromatic rings. The summed E-state index contributed by atoms with van der Waals surface area (Å²) in [5, 5.41) is 0. The van der Waals surface area contributed by atoms with Gasteiger partial charge in [-0.1, -0.05) is 0 Å². The predicted octanol–water partition coefficient (Wildman–Crippen LogP) is 4.77. The van der Waals surface area contributed by atoms with E-state index in [-0.39, 0.29) is 29.6 Å². The molecular weight excluding hydrogens is 557 g/mol. The second-order valence-corrected chi connectivity index (χ2v) is 11.4. The highest BCUT2D eigenvalue weighted by atomic mass is 19.4. The maximum atomic E-state index is 13.1. The summed E-state index contributed by atoms with van der Waals surface area (Å²) in [7, 11) is 0. The number of pyridine rings is 1. The van der Waals surface area contributed by atoms with Crippen LogP contribution in [0.1, 0.15) is 67.4 Å². The number of nitrogen functional groups attached to an aromatic ring is 1. The topological polar surface area (TPSA) is 136 Å². The molecule has 42 heavy (non-hydrogen) atoms. The second kappa shape index (κ2) is 11.3. The van der Waals surface area contributed by atoms with Crippen LogP contribution in [0.3, 0.4) is 0 Å². The summed E-state index contributed by atoms with van der Waals surface area (Å²) in [6.07, 6.45) is -2.72. The zero-order chi connectivity index (χ0) is 30.2. The number of benzene rings is 1. The van der Waals surface area contributed by atoms with Gasteiger partial charge in [0.15, 0.2) is 5.65 Å². The first-order valence-corrected chi connectivity index (χ1v) is 13.7. The number of nitrogens with zero attached hydrogens (tertiary/aromatic N) is 4. The molecule has 2 aliphatic rings. The average Bonchev–Trinajstić information content (AvgIpc) is 3.36. The monoisotopic (exact) mass is 590 g/mol. The van der Waals surface area contributed by atoms with Crippen molar-refractivity contribution in [1.82, 2.24) is 24.8 Å². The summed E-state index contributed by atoms with van der Waals surface area (Å²) in [6, 6.07) is 5.25. The summed E-state index contributed by atoms with van der Waals surface area (Å²) in [4.78, 5) is 41.4. The summed E-state index contributed by atoms with van der Waals surface area (Å²) < 4.78 is 52.9. The number of hydrogen-bond acceptors (Lipinski definition) is 8. The molecule has 0 spiro atoms. The van der Waals surface area contributed by atoms with Gasteiger partial charge in [-0.05, 0) is 63.3 Å². The quantitative estimate of drug-likeness (QED) is 0.415. The normalized spacial score (nSPS) is 18.8. The molecule has 2 amide bonds. The number of rotatable bonds is 4. The van der Waals surface area contributed by atoms with Gasteiger partial charge in [0.2, 0.25) is 0 Å². The Labute approximate surface area is 240 Å². The van der Waals surface area contributed by atoms with Crippen molar-refractivity contribution < 1.29 is 37.0 Å². The molecule has 2 saturated heterocycles. The van der Waals surface area contributed by atoms with Gasteiger partial charge in [-0.2, -0.15) is 0 Å². The number of amides is 2. The first-order chi connectivity index (χ1) is 19.8. The molecule has 1 aromatic carbocycles. The maximum Gasteiger partial charge on any atom is 0.573 e. The number of piperidine rings is 1. The third-order valence-corrected chi connectivity index (χ3v) is 7.17. The van der Waals surface area contributed by atoms with Crippen LogP contribution < -0.4 is 10.5 Å². The molecular formula is C28H33F3N6O5. The molecule has 0 aliphatic carbocycles. The van der Waals surface area contributed by atoms with E-state index in [2.05, 4.69) is 14.7 Å². The number of likely N-dealkylation sites (tertiary alicyclic amines) is 1. The summed E-state index contributed by atoms with van der Waals surface area (Å²) in [5.74, 6) is -0.165. The number of aromatic nitrogens is 3. The van der Waals surface area contributed by atoms with Crippen molar-refractivity contribution in [2.75, 3.05) is 38.5 Å². The van der Waals surface area contributed by atoms with E-state index in [0.717, 1.165) is 17.7 Å². The van der Waals surface area contributed by atoms with Crippen molar-refractivity contribution in [1.29, 1.82) is 0 Å². The van der Waals surface area contributed by atoms with Gasteiger partial charge in [-0.25, -0.2) is 14.8 Å². The first kappa shape index (κ1) is 29.4. The minimum Gasteiger partial charge on any atom is -0.444 e. The number of anilines is 1. The lowest BCUT2D eigenvalue weighted by Gasteiger charge is -2.33. The van der Waals surface area contributed by atoms with Crippen molar-refractivity contribution in [3.63, 3.8) is 0 Å². The van der Waals surface area contributed by atoms with Crippen LogP contribution in [0, 0.1) is 0 Å². The van der Waals surface area contributed by atoms with Gasteiger partial charge in [0.25, 0.3) is 5.91 Å². The molecule has 14 heteroatoms. The SMILES string of the molecule is CC(C)(C)OC(=O)N1CCO[C@@H](c2nc3c(C4CCN(C(=O)c5ccc(OC(F)(F)F)cc5N)CC4)ccnc3[nH]2)C1. The molecule has 0 bridgehead atoms. The van der Waals surface area contributed by atoms with Crippen molar-refractivity contribution >= 4 is 28.9 Å². The van der Waals surface area contributed by atoms with E-state index in [1.54, 1.807) is 16.0 Å². The first-order valence-electron chi connectivity index (χ1n) is 13.7. The van der Waals surface area contributed by atoms with E-state index >= 15 is 0 Å². The molecule has 3 N–H and O–H groups in total. The van der Waals surface area contributed by atoms with Gasteiger partial charge in [0.05, 0.1) is 18.7 Å². The number of imidazole rings is 1. The van der Waals surface area contributed by atoms with Crippen LogP contribution in [0.2, 0.25) is 0 Å². The lowest BCUT2D eigenvalue weighted by molar-refractivity contribution is -0.274. The van der Waals surface area contributed by atoms with Crippen molar-refractivity contribution in [2.24, 2.45) is 0 Å². The van der Waals surface area contributed by atoms with Crippen LogP contribution in [0.5, 0.6) is 5.75 Å². The number of alkyl halides is 3. The van der Waals surface area contributed by atoms with E-state index in [1.165, 1.54) is 6.07 Å². The van der Waals surface area contributed by atoms with E-state index in [4.69, 9.17) is 20.2 Å². The number of morpholine rings is 1. The van der Waals surface area contributed by atoms with E-state index < -0.39 is 29.9 Å². The van der Waals surface area contributed by atoms with Gasteiger partial charge in [-0.15, -0.1) is 13.2 Å². The summed E-state index contributed by atoms with van der Waals surface area (Å²) >= 11 is 0. The molecule has 0 radical (unpaired) electrons. The Balaban J connectivity index is 1.25. The Morgan fingerprint density at radius 2 is 1.83 bits per heavy atom. The molecule has 11 nitrogen and oxygen atoms in total. The van der Waals surface area contributed by atoms with E-state index in [9.17, 15) is 22.8 Å². The van der Waals surface area contributed by atoms with E-state index in [0.29, 0.717) is 56.1 Å². The van der Waals surface area contributed by atoms with Gasteiger partial charge in [-0.3, -0.25) is 4.79 Å². The summed E-state index contributed by atoms with van der Waals surface area (Å²) in [6.45, 7) is 7.37. The van der Waals surface area contributed by atoms with Crippen molar-refractivity contribution in [3.8, 4) is 5.75 Å². The fraction of sp³-hybridized carbons (Fsp3) is 0.500. The number of fused-ring (bicyclic) bond motifs is 1. The van der Waals surface area contributed by atoms with Gasteiger partial charge >= 0.3 is 12.5 Å². The zero-order valence-electron chi connectivity index (χ0n) is 23.5. The molecule has 0 unspecified atom stereocenters. The number of hydrogen-bond donors (Lipinski definition) is 2. The number of carbonyl (C=O) groups is 2. The highest BCUT2D eigenvalue weighted by Gasteiger charge is 2.33. The van der Waals surface area contributed by atoms with Crippen LogP contribution in [-0.2, 0) is 9.47 Å². The van der Waals surface area contributed by atoms with Crippen LogP contribution in [-0.4, -0.2) is 81.5 Å². The maximum absolute atomic E-state index is 13.1. The Kier molecular flexibility index (Phi) is 7.92. The van der Waals surface area contributed by atoms with Crippen LogP contribution >= 0.6 is 0 Å². The van der Waals surface area contributed by atoms with Crippen molar-refractivity contribution in [2.45, 2.75) is 57.6 Å². The average molecular weight is 591 g/mol. The Bertz CT molecular complexity index is 1460. The van der Waals surface area contributed by atoms with Crippen molar-refractivity contribution in [3.05, 3.63) is 47.4 Å². The largest absolute Gasteiger partial charge is 0.573 e. The minimum atomic E-state index is -4.85. The van der Waals surface area contributed by atoms with Crippen LogP contribution in [0.4, 0.5) is 23.7 Å². The smallest absolute Gasteiger partial charge is 0.444 e. The number of aromatic amines is 1. The molecule has 4 heterocycles. The lowest BCUT2D eigenvalue weighted by atomic mass is 9.89. The third kappa shape index (κ3) is 6.69. The van der Waals surface area contributed by atoms with Gasteiger partial charge in [0.1, 0.15) is 28.8 Å². The minimum absolute atomic E-state index is 0.0843. The molecule has 226 valence electrons. The molecule has 2 fully saturated rings. The predicted molar refractivity (Wildman–Crippen MR) is 146 cm³/mol. The fourth-order valence-electron chi connectivity index (χ4n) is 5.23. The third-order valence-electron chi connectivity index (χ3n) is 7.17. The number of carbonyl (C=O) groups excluding carboxylic acids is 2. The second-order valence-electron chi connectivity index (χ2n) is 11.4. The Morgan fingerprint density at radius 1 is 1.10 bits per heavy atom. The lowest BCUT2D eigenvalue weighted by Crippen LogP contribution is -2.44. The van der Waals surface area contributed by atoms with E-state index in [1.807, 2.05) is 26.8 Å². The van der Waals surface area contributed by atoms with Gasteiger partial charge < -0.3 is 34.7 Å². The van der Waals surface area contributed by atoms with Crippen LogP contribution in [0.25, 0.3) is 11.2 Å².